The molecule has 0 unspecified atom stereocenters. The molecule has 0 aliphatic carbocycles. The Balaban J connectivity index is 2.29. The molecule has 0 bridgehead atoms. The van der Waals surface area contributed by atoms with Crippen LogP contribution in [0, 0.1) is 15.9 Å². The average Bonchev–Trinajstić information content (AvgIpc) is 2.48. The van der Waals surface area contributed by atoms with Gasteiger partial charge in [-0.3, -0.25) is 14.9 Å². The van der Waals surface area contributed by atoms with Gasteiger partial charge in [-0.25, -0.2) is 4.39 Å². The van der Waals surface area contributed by atoms with Crippen LogP contribution < -0.4 is 11.1 Å². The number of nitrogen functional groups attached to an aromatic ring is 1. The van der Waals surface area contributed by atoms with E-state index < -0.39 is 22.3 Å². The van der Waals surface area contributed by atoms with Crippen LogP contribution in [0.3, 0.4) is 0 Å². The van der Waals surface area contributed by atoms with Crippen LogP contribution in [0.2, 0.25) is 0 Å². The van der Waals surface area contributed by atoms with Crippen molar-refractivity contribution in [2.24, 2.45) is 0 Å². The molecule has 0 aliphatic rings. The Kier molecular flexibility index (Phi) is 5.10. The van der Waals surface area contributed by atoms with Crippen molar-refractivity contribution in [2.45, 2.75) is 6.54 Å². The molecule has 8 heteroatoms. The molecule has 3 N–H and O–H groups in total. The van der Waals surface area contributed by atoms with Crippen molar-refractivity contribution in [3.8, 4) is 0 Å². The fraction of sp³-hybridized carbons (Fsp3) is 0.188. The van der Waals surface area contributed by atoms with E-state index in [0.29, 0.717) is 18.3 Å². The highest BCUT2D eigenvalue weighted by Crippen LogP contribution is 2.27. The predicted molar refractivity (Wildman–Crippen MR) is 89.3 cm³/mol. The minimum Gasteiger partial charge on any atom is -0.393 e. The van der Waals surface area contributed by atoms with Crippen LogP contribution in [0.25, 0.3) is 0 Å². The number of rotatable bonds is 5. The second-order valence-electron chi connectivity index (χ2n) is 5.54. The van der Waals surface area contributed by atoms with E-state index >= 15 is 0 Å². The van der Waals surface area contributed by atoms with Gasteiger partial charge in [-0.1, -0.05) is 12.1 Å². The van der Waals surface area contributed by atoms with Gasteiger partial charge < -0.3 is 16.0 Å². The van der Waals surface area contributed by atoms with Crippen LogP contribution in [0.1, 0.15) is 15.9 Å². The molecule has 1 amide bonds. The van der Waals surface area contributed by atoms with E-state index in [0.717, 1.165) is 11.6 Å². The van der Waals surface area contributed by atoms with E-state index in [2.05, 4.69) is 5.32 Å². The Morgan fingerprint density at radius 2 is 2.04 bits per heavy atom. The second kappa shape index (κ2) is 7.05. The molecule has 0 atom stereocenters. The summed E-state index contributed by atoms with van der Waals surface area (Å²) in [5.74, 6) is -1.61. The summed E-state index contributed by atoms with van der Waals surface area (Å²) in [5, 5.41) is 13.5. The Morgan fingerprint density at radius 1 is 1.33 bits per heavy atom. The maximum atomic E-state index is 13.5. The van der Waals surface area contributed by atoms with Crippen molar-refractivity contribution in [1.29, 1.82) is 0 Å². The number of nitrogens with one attached hydrogen (secondary N) is 1. The van der Waals surface area contributed by atoms with E-state index in [1.54, 1.807) is 18.2 Å². The number of nitrogens with zero attached hydrogens (tertiary/aromatic N) is 2. The van der Waals surface area contributed by atoms with Gasteiger partial charge >= 0.3 is 0 Å². The number of carbonyl (C=O) groups excluding carboxylic acids is 1. The van der Waals surface area contributed by atoms with E-state index in [-0.39, 0.29) is 11.3 Å². The number of benzene rings is 2. The number of hydrogen-bond donors (Lipinski definition) is 2. The number of hydrogen-bond acceptors (Lipinski definition) is 5. The van der Waals surface area contributed by atoms with Crippen molar-refractivity contribution in [3.63, 3.8) is 0 Å². The first-order valence-corrected chi connectivity index (χ1v) is 7.06. The lowest BCUT2D eigenvalue weighted by molar-refractivity contribution is -0.384. The van der Waals surface area contributed by atoms with Gasteiger partial charge in [0.1, 0.15) is 11.5 Å². The number of halogens is 1. The molecule has 0 aromatic heterocycles. The summed E-state index contributed by atoms with van der Waals surface area (Å²) >= 11 is 0. The fourth-order valence-electron chi connectivity index (χ4n) is 2.25. The summed E-state index contributed by atoms with van der Waals surface area (Å²) in [6.45, 7) is 0.678. The topological polar surface area (TPSA) is 102 Å². The highest BCUT2D eigenvalue weighted by atomic mass is 19.1. The van der Waals surface area contributed by atoms with Crippen molar-refractivity contribution in [2.75, 3.05) is 25.1 Å². The van der Waals surface area contributed by atoms with Crippen LogP contribution in [0.5, 0.6) is 0 Å². The zero-order chi connectivity index (χ0) is 17.9. The summed E-state index contributed by atoms with van der Waals surface area (Å²) in [7, 11) is 3.83. The maximum absolute atomic E-state index is 13.5. The molecule has 0 spiro atoms. The van der Waals surface area contributed by atoms with Crippen molar-refractivity contribution in [3.05, 3.63) is 63.5 Å². The van der Waals surface area contributed by atoms with Gasteiger partial charge in [0.05, 0.1) is 16.6 Å². The average molecular weight is 332 g/mol. The number of nitrogens with two attached hydrogens (primary N) is 1. The third kappa shape index (κ3) is 4.05. The molecule has 126 valence electrons. The van der Waals surface area contributed by atoms with Gasteiger partial charge in [0.2, 0.25) is 0 Å². The molecule has 7 nitrogen and oxygen atoms in total. The van der Waals surface area contributed by atoms with Gasteiger partial charge in [0, 0.05) is 12.2 Å². The summed E-state index contributed by atoms with van der Waals surface area (Å²) in [6, 6.07) is 8.66. The number of anilines is 2. The smallest absolute Gasteiger partial charge is 0.295 e. The lowest BCUT2D eigenvalue weighted by Crippen LogP contribution is -2.16. The Bertz CT molecular complexity index is 793. The van der Waals surface area contributed by atoms with E-state index in [1.165, 1.54) is 0 Å². The van der Waals surface area contributed by atoms with Crippen LogP contribution in [-0.2, 0) is 6.54 Å². The highest BCUT2D eigenvalue weighted by molar-refractivity contribution is 6.08. The number of nitro benzene ring substituents is 1. The number of amides is 1. The summed E-state index contributed by atoms with van der Waals surface area (Å²) in [5.41, 5.74) is 5.80. The van der Waals surface area contributed by atoms with Crippen molar-refractivity contribution < 1.29 is 14.1 Å². The van der Waals surface area contributed by atoms with Crippen LogP contribution in [0.15, 0.2) is 36.4 Å². The first-order chi connectivity index (χ1) is 11.3. The third-order valence-corrected chi connectivity index (χ3v) is 3.25. The third-order valence-electron chi connectivity index (χ3n) is 3.25. The predicted octanol–water partition coefficient (Wildman–Crippen LogP) is 2.63. The van der Waals surface area contributed by atoms with Gasteiger partial charge in [-0.15, -0.1) is 0 Å². The molecule has 2 aromatic carbocycles. The molecule has 0 fully saturated rings. The zero-order valence-electron chi connectivity index (χ0n) is 13.2. The van der Waals surface area contributed by atoms with Gasteiger partial charge in [0.25, 0.3) is 11.6 Å². The molecule has 2 rings (SSSR count). The molecule has 0 aliphatic heterocycles. The van der Waals surface area contributed by atoms with Crippen LogP contribution in [-0.4, -0.2) is 29.8 Å². The first kappa shape index (κ1) is 17.4. The summed E-state index contributed by atoms with van der Waals surface area (Å²) in [6.07, 6.45) is 0. The number of nitro groups is 1. The molecule has 0 saturated carbocycles. The summed E-state index contributed by atoms with van der Waals surface area (Å²) < 4.78 is 13.5. The Labute approximate surface area is 138 Å². The fourth-order valence-corrected chi connectivity index (χ4v) is 2.25. The molecule has 2 aromatic rings. The lowest BCUT2D eigenvalue weighted by Gasteiger charge is -2.12. The van der Waals surface area contributed by atoms with Crippen molar-refractivity contribution >= 4 is 23.0 Å². The van der Waals surface area contributed by atoms with Crippen molar-refractivity contribution in [1.82, 2.24) is 4.90 Å². The minimum absolute atomic E-state index is 0.278. The standard InChI is InChI=1S/C16H17FN4O3/c1-20(2)9-10-4-3-5-12(6-10)19-16(22)13-7-11(17)8-14(15(13)18)21(23)24/h3-8H,9,18H2,1-2H3,(H,19,22). The lowest BCUT2D eigenvalue weighted by atomic mass is 10.1. The van der Waals surface area contributed by atoms with Crippen LogP contribution in [0.4, 0.5) is 21.5 Å². The van der Waals surface area contributed by atoms with E-state index in [9.17, 15) is 19.3 Å². The van der Waals surface area contributed by atoms with Gasteiger partial charge in [-0.05, 0) is 37.9 Å². The molecular formula is C16H17FN4O3. The molecular weight excluding hydrogens is 315 g/mol. The second-order valence-corrected chi connectivity index (χ2v) is 5.54. The molecule has 0 saturated heterocycles. The normalized spacial score (nSPS) is 10.7. The maximum Gasteiger partial charge on any atom is 0.295 e. The number of carbonyl (C=O) groups is 1. The summed E-state index contributed by atoms with van der Waals surface area (Å²) in [4.78, 5) is 24.3. The zero-order valence-corrected chi connectivity index (χ0v) is 13.2. The molecule has 0 heterocycles. The molecule has 0 radical (unpaired) electrons. The monoisotopic (exact) mass is 332 g/mol. The first-order valence-electron chi connectivity index (χ1n) is 7.06. The largest absolute Gasteiger partial charge is 0.393 e. The van der Waals surface area contributed by atoms with Crippen LogP contribution >= 0.6 is 0 Å². The van der Waals surface area contributed by atoms with E-state index in [4.69, 9.17) is 5.73 Å². The quantitative estimate of drug-likeness (QED) is 0.498. The van der Waals surface area contributed by atoms with Gasteiger partial charge in [-0.2, -0.15) is 0 Å². The SMILES string of the molecule is CN(C)Cc1cccc(NC(=O)c2cc(F)cc([N+](=O)[O-])c2N)c1. The minimum atomic E-state index is -0.901. The Morgan fingerprint density at radius 3 is 2.67 bits per heavy atom. The van der Waals surface area contributed by atoms with Gasteiger partial charge in [0.15, 0.2) is 0 Å². The Hall–Kier alpha value is -3.00. The molecule has 24 heavy (non-hydrogen) atoms. The van der Waals surface area contributed by atoms with E-state index in [1.807, 2.05) is 25.1 Å². The highest BCUT2D eigenvalue weighted by Gasteiger charge is 2.21.